The zero-order chi connectivity index (χ0) is 15.0. The summed E-state index contributed by atoms with van der Waals surface area (Å²) in [6.07, 6.45) is 7.01. The second-order valence-electron chi connectivity index (χ2n) is 6.49. The van der Waals surface area contributed by atoms with Crippen LogP contribution in [0, 0.1) is 5.92 Å². The SMILES string of the molecule is O=C(O)C1CCC2CCCCC2N1S(=O)(=O)N1CCCC1. The van der Waals surface area contributed by atoms with Crippen LogP contribution in [0.3, 0.4) is 0 Å². The van der Waals surface area contributed by atoms with Crippen LogP contribution < -0.4 is 0 Å². The van der Waals surface area contributed by atoms with Crippen LogP contribution in [0.4, 0.5) is 0 Å². The van der Waals surface area contributed by atoms with Crippen molar-refractivity contribution in [2.45, 2.75) is 63.5 Å². The first-order chi connectivity index (χ1) is 10.0. The van der Waals surface area contributed by atoms with E-state index in [1.807, 2.05) is 0 Å². The molecule has 0 aromatic rings. The Morgan fingerprint density at radius 1 is 0.952 bits per heavy atom. The number of hydrogen-bond acceptors (Lipinski definition) is 3. The summed E-state index contributed by atoms with van der Waals surface area (Å²) in [6.45, 7) is 1.06. The molecule has 3 atom stereocenters. The normalized spacial score (nSPS) is 35.5. The molecular weight excluding hydrogens is 292 g/mol. The molecule has 0 bridgehead atoms. The largest absolute Gasteiger partial charge is 0.480 e. The molecule has 0 aromatic heterocycles. The molecule has 3 unspecified atom stereocenters. The van der Waals surface area contributed by atoms with Crippen molar-refractivity contribution in [3.63, 3.8) is 0 Å². The van der Waals surface area contributed by atoms with Crippen LogP contribution in [0.25, 0.3) is 0 Å². The zero-order valence-electron chi connectivity index (χ0n) is 12.3. The van der Waals surface area contributed by atoms with E-state index in [4.69, 9.17) is 0 Å². The Kier molecular flexibility index (Phi) is 4.25. The Morgan fingerprint density at radius 3 is 2.29 bits per heavy atom. The number of carbonyl (C=O) groups is 1. The molecule has 0 radical (unpaired) electrons. The second-order valence-corrected chi connectivity index (χ2v) is 8.32. The Morgan fingerprint density at radius 2 is 1.62 bits per heavy atom. The van der Waals surface area contributed by atoms with E-state index in [0.717, 1.165) is 44.9 Å². The first-order valence-corrected chi connectivity index (χ1v) is 9.43. The Hall–Kier alpha value is -0.660. The van der Waals surface area contributed by atoms with Gasteiger partial charge in [-0.05, 0) is 44.4 Å². The first kappa shape index (κ1) is 15.2. The number of fused-ring (bicyclic) bond motifs is 1. The van der Waals surface area contributed by atoms with Gasteiger partial charge in [0.2, 0.25) is 0 Å². The molecule has 7 heteroatoms. The van der Waals surface area contributed by atoms with Crippen molar-refractivity contribution < 1.29 is 18.3 Å². The highest BCUT2D eigenvalue weighted by Crippen LogP contribution is 2.40. The minimum Gasteiger partial charge on any atom is -0.480 e. The van der Waals surface area contributed by atoms with Gasteiger partial charge in [-0.15, -0.1) is 0 Å². The molecule has 3 rings (SSSR count). The molecule has 6 nitrogen and oxygen atoms in total. The average molecular weight is 316 g/mol. The van der Waals surface area contributed by atoms with Gasteiger partial charge in [-0.25, -0.2) is 0 Å². The minimum absolute atomic E-state index is 0.112. The predicted molar refractivity (Wildman–Crippen MR) is 78.0 cm³/mol. The number of rotatable bonds is 3. The van der Waals surface area contributed by atoms with Crippen molar-refractivity contribution in [3.05, 3.63) is 0 Å². The lowest BCUT2D eigenvalue weighted by Crippen LogP contribution is -2.60. The third kappa shape index (κ3) is 2.71. The van der Waals surface area contributed by atoms with Crippen molar-refractivity contribution in [2.24, 2.45) is 5.92 Å². The maximum atomic E-state index is 12.9. The van der Waals surface area contributed by atoms with Gasteiger partial charge in [-0.3, -0.25) is 4.79 Å². The number of piperidine rings is 1. The molecule has 3 aliphatic rings. The first-order valence-electron chi connectivity index (χ1n) is 8.03. The number of aliphatic carboxylic acids is 1. The van der Waals surface area contributed by atoms with Crippen LogP contribution in [0.1, 0.15) is 51.4 Å². The van der Waals surface area contributed by atoms with Gasteiger partial charge < -0.3 is 5.11 Å². The lowest BCUT2D eigenvalue weighted by atomic mass is 9.78. The molecule has 0 aromatic carbocycles. The van der Waals surface area contributed by atoms with Crippen LogP contribution >= 0.6 is 0 Å². The summed E-state index contributed by atoms with van der Waals surface area (Å²) in [5.41, 5.74) is 0. The zero-order valence-corrected chi connectivity index (χ0v) is 13.1. The van der Waals surface area contributed by atoms with E-state index in [0.29, 0.717) is 25.4 Å². The van der Waals surface area contributed by atoms with Crippen LogP contribution in [0.2, 0.25) is 0 Å². The maximum Gasteiger partial charge on any atom is 0.322 e. The van der Waals surface area contributed by atoms with E-state index < -0.39 is 22.2 Å². The van der Waals surface area contributed by atoms with Crippen molar-refractivity contribution in [1.82, 2.24) is 8.61 Å². The molecule has 1 saturated carbocycles. The molecule has 21 heavy (non-hydrogen) atoms. The summed E-state index contributed by atoms with van der Waals surface area (Å²) in [7, 11) is -3.64. The van der Waals surface area contributed by atoms with Crippen LogP contribution in [-0.4, -0.2) is 53.3 Å². The smallest absolute Gasteiger partial charge is 0.322 e. The summed E-state index contributed by atoms with van der Waals surface area (Å²) in [4.78, 5) is 11.6. The fraction of sp³-hybridized carbons (Fsp3) is 0.929. The van der Waals surface area contributed by atoms with Gasteiger partial charge in [-0.2, -0.15) is 17.0 Å². The van der Waals surface area contributed by atoms with Crippen molar-refractivity contribution in [1.29, 1.82) is 0 Å². The van der Waals surface area contributed by atoms with Gasteiger partial charge in [0.25, 0.3) is 10.2 Å². The third-order valence-electron chi connectivity index (χ3n) is 5.26. The molecule has 2 aliphatic heterocycles. The van der Waals surface area contributed by atoms with Gasteiger partial charge in [-0.1, -0.05) is 12.8 Å². The van der Waals surface area contributed by atoms with Gasteiger partial charge in [0.15, 0.2) is 0 Å². The highest BCUT2D eigenvalue weighted by molar-refractivity contribution is 7.86. The Labute approximate surface area is 126 Å². The number of hydrogen-bond donors (Lipinski definition) is 1. The molecule has 0 spiro atoms. The topological polar surface area (TPSA) is 77.9 Å². The van der Waals surface area contributed by atoms with Crippen LogP contribution in [0.5, 0.6) is 0 Å². The van der Waals surface area contributed by atoms with E-state index in [-0.39, 0.29) is 6.04 Å². The minimum atomic E-state index is -3.64. The fourth-order valence-corrected chi connectivity index (χ4v) is 6.33. The van der Waals surface area contributed by atoms with Gasteiger partial charge >= 0.3 is 5.97 Å². The summed E-state index contributed by atoms with van der Waals surface area (Å²) in [6, 6.07) is -0.992. The highest BCUT2D eigenvalue weighted by atomic mass is 32.2. The summed E-state index contributed by atoms with van der Waals surface area (Å²) >= 11 is 0. The van der Waals surface area contributed by atoms with E-state index in [1.54, 1.807) is 0 Å². The predicted octanol–water partition coefficient (Wildman–Crippen LogP) is 1.43. The third-order valence-corrected chi connectivity index (χ3v) is 7.33. The fourth-order valence-electron chi connectivity index (χ4n) is 4.21. The monoisotopic (exact) mass is 316 g/mol. The van der Waals surface area contributed by atoms with E-state index in [9.17, 15) is 18.3 Å². The second kappa shape index (κ2) is 5.85. The molecule has 2 saturated heterocycles. The molecule has 3 fully saturated rings. The average Bonchev–Trinajstić information content (AvgIpc) is 3.00. The lowest BCUT2D eigenvalue weighted by molar-refractivity contribution is -0.144. The lowest BCUT2D eigenvalue weighted by Gasteiger charge is -2.46. The number of carboxylic acid groups (broad SMARTS) is 1. The summed E-state index contributed by atoms with van der Waals surface area (Å²) in [5, 5.41) is 9.48. The molecule has 0 amide bonds. The molecule has 1 aliphatic carbocycles. The van der Waals surface area contributed by atoms with Crippen molar-refractivity contribution >= 4 is 16.2 Å². The molecule has 1 N–H and O–H groups in total. The highest BCUT2D eigenvalue weighted by Gasteiger charge is 2.49. The quantitative estimate of drug-likeness (QED) is 0.854. The van der Waals surface area contributed by atoms with E-state index >= 15 is 0 Å². The van der Waals surface area contributed by atoms with Gasteiger partial charge in [0, 0.05) is 19.1 Å². The van der Waals surface area contributed by atoms with Crippen LogP contribution in [0.15, 0.2) is 0 Å². The summed E-state index contributed by atoms with van der Waals surface area (Å²) < 4.78 is 28.7. The molecular formula is C14H24N2O4S. The maximum absolute atomic E-state index is 12.9. The molecule has 120 valence electrons. The van der Waals surface area contributed by atoms with Crippen LogP contribution in [-0.2, 0) is 15.0 Å². The van der Waals surface area contributed by atoms with Gasteiger partial charge in [0.05, 0.1) is 0 Å². The van der Waals surface area contributed by atoms with Crippen molar-refractivity contribution in [2.75, 3.05) is 13.1 Å². The van der Waals surface area contributed by atoms with Crippen molar-refractivity contribution in [3.8, 4) is 0 Å². The summed E-state index contributed by atoms with van der Waals surface area (Å²) in [5.74, 6) is -0.659. The Balaban J connectivity index is 1.93. The van der Waals surface area contributed by atoms with Gasteiger partial charge in [0.1, 0.15) is 6.04 Å². The standard InChI is InChI=1S/C14H24N2O4S/c17-14(18)13-8-7-11-5-1-2-6-12(11)16(13)21(19,20)15-9-3-4-10-15/h11-13H,1-10H2,(H,17,18). The number of carboxylic acids is 1. The number of nitrogens with zero attached hydrogens (tertiary/aromatic N) is 2. The van der Waals surface area contributed by atoms with E-state index in [2.05, 4.69) is 0 Å². The Bertz CT molecular complexity index is 501. The van der Waals surface area contributed by atoms with E-state index in [1.165, 1.54) is 8.61 Å². The molecule has 2 heterocycles.